The lowest BCUT2D eigenvalue weighted by molar-refractivity contribution is -0.133. The number of hydrogen-bond acceptors (Lipinski definition) is 3. The van der Waals surface area contributed by atoms with Crippen LogP contribution in [-0.4, -0.2) is 35.8 Å². The van der Waals surface area contributed by atoms with Crippen LogP contribution >= 0.6 is 11.6 Å². The predicted molar refractivity (Wildman–Crippen MR) is 83.2 cm³/mol. The molecule has 0 bridgehead atoms. The quantitative estimate of drug-likeness (QED) is 0.839. The molecule has 1 aliphatic heterocycles. The van der Waals surface area contributed by atoms with Crippen LogP contribution in [0.5, 0.6) is 0 Å². The van der Waals surface area contributed by atoms with E-state index < -0.39 is 6.04 Å². The van der Waals surface area contributed by atoms with Gasteiger partial charge in [0.15, 0.2) is 0 Å². The number of likely N-dealkylation sites (tertiary alicyclic amines) is 1. The molecule has 2 rings (SSSR count). The molecule has 21 heavy (non-hydrogen) atoms. The van der Waals surface area contributed by atoms with Gasteiger partial charge in [-0.3, -0.25) is 9.59 Å². The van der Waals surface area contributed by atoms with Crippen molar-refractivity contribution in [2.75, 3.05) is 18.8 Å². The van der Waals surface area contributed by atoms with Gasteiger partial charge in [-0.05, 0) is 38.3 Å². The number of nitrogens with zero attached hydrogens (tertiary/aromatic N) is 1. The maximum absolute atomic E-state index is 12.3. The molecule has 0 radical (unpaired) electrons. The summed E-state index contributed by atoms with van der Waals surface area (Å²) < 4.78 is 0. The lowest BCUT2D eigenvalue weighted by Crippen LogP contribution is -2.48. The largest absolute Gasteiger partial charge is 0.397 e. The zero-order chi connectivity index (χ0) is 15.4. The topological polar surface area (TPSA) is 75.4 Å². The van der Waals surface area contributed by atoms with Gasteiger partial charge >= 0.3 is 0 Å². The number of halogens is 1. The Balaban J connectivity index is 2.01. The van der Waals surface area contributed by atoms with E-state index in [1.54, 1.807) is 30.0 Å². The van der Waals surface area contributed by atoms with E-state index in [1.165, 1.54) is 0 Å². The van der Waals surface area contributed by atoms with Gasteiger partial charge in [-0.1, -0.05) is 17.7 Å². The number of anilines is 1. The molecule has 1 fully saturated rings. The van der Waals surface area contributed by atoms with Crippen LogP contribution in [0, 0.1) is 0 Å². The van der Waals surface area contributed by atoms with Crippen molar-refractivity contribution in [3.8, 4) is 0 Å². The molecule has 3 N–H and O–H groups in total. The molecule has 1 aromatic carbocycles. The minimum atomic E-state index is -0.575. The van der Waals surface area contributed by atoms with Crippen molar-refractivity contribution < 1.29 is 9.59 Å². The second kappa shape index (κ2) is 6.80. The van der Waals surface area contributed by atoms with Crippen LogP contribution in [0.3, 0.4) is 0 Å². The first kappa shape index (κ1) is 15.6. The van der Waals surface area contributed by atoms with Crippen LogP contribution in [0.15, 0.2) is 18.2 Å². The first-order valence-electron chi connectivity index (χ1n) is 7.14. The zero-order valence-electron chi connectivity index (χ0n) is 12.1. The van der Waals surface area contributed by atoms with Crippen molar-refractivity contribution in [2.24, 2.45) is 0 Å². The lowest BCUT2D eigenvalue weighted by Gasteiger charge is -2.29. The average Bonchev–Trinajstić information content (AvgIpc) is 2.50. The Morgan fingerprint density at radius 3 is 2.62 bits per heavy atom. The fraction of sp³-hybridized carbons (Fsp3) is 0.467. The van der Waals surface area contributed by atoms with E-state index in [0.29, 0.717) is 10.6 Å². The van der Waals surface area contributed by atoms with E-state index in [0.717, 1.165) is 32.4 Å². The Labute approximate surface area is 129 Å². The highest BCUT2D eigenvalue weighted by Crippen LogP contribution is 2.22. The molecule has 1 atom stereocenters. The van der Waals surface area contributed by atoms with Crippen LogP contribution in [0.4, 0.5) is 5.69 Å². The van der Waals surface area contributed by atoms with Gasteiger partial charge in [-0.25, -0.2) is 0 Å². The number of carbonyl (C=O) groups is 2. The van der Waals surface area contributed by atoms with Crippen LogP contribution in [0.25, 0.3) is 0 Å². The van der Waals surface area contributed by atoms with E-state index in [1.807, 2.05) is 0 Å². The third-order valence-electron chi connectivity index (χ3n) is 3.68. The molecule has 0 saturated carbocycles. The number of para-hydroxylation sites is 1. The summed E-state index contributed by atoms with van der Waals surface area (Å²) in [6.07, 6.45) is 3.20. The molecular formula is C15H20ClN3O2. The minimum absolute atomic E-state index is 0.0522. The summed E-state index contributed by atoms with van der Waals surface area (Å²) in [7, 11) is 0. The van der Waals surface area contributed by atoms with Gasteiger partial charge in [0.2, 0.25) is 5.91 Å². The second-order valence-corrected chi connectivity index (χ2v) is 5.69. The van der Waals surface area contributed by atoms with Crippen molar-refractivity contribution in [1.82, 2.24) is 10.2 Å². The predicted octanol–water partition coefficient (Wildman–Crippen LogP) is 2.05. The SMILES string of the molecule is CC(NC(=O)c1cccc(Cl)c1N)C(=O)N1CCCCC1. The van der Waals surface area contributed by atoms with E-state index >= 15 is 0 Å². The van der Waals surface area contributed by atoms with Crippen molar-refractivity contribution in [1.29, 1.82) is 0 Å². The smallest absolute Gasteiger partial charge is 0.254 e. The summed E-state index contributed by atoms with van der Waals surface area (Å²) in [5.41, 5.74) is 6.31. The Hall–Kier alpha value is -1.75. The maximum Gasteiger partial charge on any atom is 0.254 e. The Morgan fingerprint density at radius 1 is 1.29 bits per heavy atom. The molecule has 1 aliphatic rings. The summed E-state index contributed by atoms with van der Waals surface area (Å²) in [4.78, 5) is 26.3. The third kappa shape index (κ3) is 3.67. The van der Waals surface area contributed by atoms with Gasteiger partial charge in [-0.2, -0.15) is 0 Å². The molecule has 0 aliphatic carbocycles. The highest BCUT2D eigenvalue weighted by atomic mass is 35.5. The lowest BCUT2D eigenvalue weighted by atomic mass is 10.1. The standard InChI is InChI=1S/C15H20ClN3O2/c1-10(15(21)19-8-3-2-4-9-19)18-14(20)11-6-5-7-12(16)13(11)17/h5-7,10H,2-4,8-9,17H2,1H3,(H,18,20). The number of nitrogens with one attached hydrogen (secondary N) is 1. The Kier molecular flexibility index (Phi) is 5.07. The molecule has 114 valence electrons. The van der Waals surface area contributed by atoms with Crippen LogP contribution in [0.1, 0.15) is 36.5 Å². The van der Waals surface area contributed by atoms with E-state index in [4.69, 9.17) is 17.3 Å². The van der Waals surface area contributed by atoms with Gasteiger partial charge in [0, 0.05) is 13.1 Å². The van der Waals surface area contributed by atoms with Gasteiger partial charge < -0.3 is 16.0 Å². The third-order valence-corrected chi connectivity index (χ3v) is 4.01. The highest BCUT2D eigenvalue weighted by molar-refractivity contribution is 6.34. The maximum atomic E-state index is 12.3. The summed E-state index contributed by atoms with van der Waals surface area (Å²) in [6.45, 7) is 3.21. The van der Waals surface area contributed by atoms with Crippen LogP contribution in [-0.2, 0) is 4.79 Å². The first-order valence-corrected chi connectivity index (χ1v) is 7.52. The molecule has 6 heteroatoms. The van der Waals surface area contributed by atoms with Gasteiger partial charge in [0.1, 0.15) is 6.04 Å². The number of rotatable bonds is 3. The highest BCUT2D eigenvalue weighted by Gasteiger charge is 2.24. The Bertz CT molecular complexity index is 542. The number of nitrogen functional groups attached to an aromatic ring is 1. The summed E-state index contributed by atoms with van der Waals surface area (Å²) in [6, 6.07) is 4.30. The molecule has 0 aromatic heterocycles. The van der Waals surface area contributed by atoms with Crippen molar-refractivity contribution in [2.45, 2.75) is 32.2 Å². The molecular weight excluding hydrogens is 290 g/mol. The van der Waals surface area contributed by atoms with Gasteiger partial charge in [0.05, 0.1) is 16.3 Å². The molecule has 1 aromatic rings. The van der Waals surface area contributed by atoms with Gasteiger partial charge in [-0.15, -0.1) is 0 Å². The normalized spacial score (nSPS) is 16.4. The summed E-state index contributed by atoms with van der Waals surface area (Å²) in [5.74, 6) is -0.434. The molecule has 1 unspecified atom stereocenters. The first-order chi connectivity index (χ1) is 10.0. The monoisotopic (exact) mass is 309 g/mol. The molecule has 2 amide bonds. The van der Waals surface area contributed by atoms with Gasteiger partial charge in [0.25, 0.3) is 5.91 Å². The minimum Gasteiger partial charge on any atom is -0.397 e. The molecule has 1 saturated heterocycles. The summed E-state index contributed by atoms with van der Waals surface area (Å²) >= 11 is 5.90. The number of benzene rings is 1. The number of hydrogen-bond donors (Lipinski definition) is 2. The van der Waals surface area contributed by atoms with Crippen LogP contribution in [0.2, 0.25) is 5.02 Å². The molecule has 0 spiro atoms. The zero-order valence-corrected chi connectivity index (χ0v) is 12.8. The van der Waals surface area contributed by atoms with Crippen molar-refractivity contribution in [3.63, 3.8) is 0 Å². The van der Waals surface area contributed by atoms with Crippen molar-refractivity contribution in [3.05, 3.63) is 28.8 Å². The fourth-order valence-corrected chi connectivity index (χ4v) is 2.63. The van der Waals surface area contributed by atoms with E-state index in [2.05, 4.69) is 5.32 Å². The summed E-state index contributed by atoms with van der Waals surface area (Å²) in [5, 5.41) is 3.02. The molecule has 5 nitrogen and oxygen atoms in total. The fourth-order valence-electron chi connectivity index (χ4n) is 2.46. The Morgan fingerprint density at radius 2 is 1.95 bits per heavy atom. The van der Waals surface area contributed by atoms with Crippen LogP contribution < -0.4 is 11.1 Å². The van der Waals surface area contributed by atoms with E-state index in [9.17, 15) is 9.59 Å². The number of carbonyl (C=O) groups excluding carboxylic acids is 2. The van der Waals surface area contributed by atoms with E-state index in [-0.39, 0.29) is 17.5 Å². The second-order valence-electron chi connectivity index (χ2n) is 5.28. The molecule has 1 heterocycles. The number of nitrogens with two attached hydrogens (primary N) is 1. The van der Waals surface area contributed by atoms with Crippen molar-refractivity contribution >= 4 is 29.1 Å². The number of piperidine rings is 1. The number of amides is 2. The average molecular weight is 310 g/mol.